The molecule has 2 aromatic carbocycles. The van der Waals surface area contributed by atoms with Crippen LogP contribution in [-0.2, 0) is 19.6 Å². The van der Waals surface area contributed by atoms with E-state index in [1.54, 1.807) is 6.20 Å². The van der Waals surface area contributed by atoms with E-state index in [-0.39, 0.29) is 11.9 Å². The SMILES string of the molecule is CC(CCn1cccn1)NC(=O)c1cccc(N2Cc3ccccc3C2)c1. The summed E-state index contributed by atoms with van der Waals surface area (Å²) in [5, 5.41) is 7.29. The maximum atomic E-state index is 12.6. The lowest BCUT2D eigenvalue weighted by atomic mass is 10.1. The number of benzene rings is 2. The Bertz CT molecular complexity index is 895. The van der Waals surface area contributed by atoms with E-state index in [1.165, 1.54) is 11.1 Å². The molecule has 138 valence electrons. The average molecular weight is 360 g/mol. The van der Waals surface area contributed by atoms with Crippen molar-refractivity contribution in [2.24, 2.45) is 0 Å². The van der Waals surface area contributed by atoms with Crippen LogP contribution in [-0.4, -0.2) is 21.7 Å². The third-order valence-electron chi connectivity index (χ3n) is 5.04. The summed E-state index contributed by atoms with van der Waals surface area (Å²) in [6, 6.07) is 18.4. The fourth-order valence-electron chi connectivity index (χ4n) is 3.50. The van der Waals surface area contributed by atoms with Gasteiger partial charge in [-0.3, -0.25) is 9.48 Å². The molecule has 3 aromatic rings. The van der Waals surface area contributed by atoms with Crippen molar-refractivity contribution in [3.63, 3.8) is 0 Å². The van der Waals surface area contributed by atoms with Gasteiger partial charge in [-0.1, -0.05) is 30.3 Å². The molecule has 1 N–H and O–H groups in total. The first kappa shape index (κ1) is 17.3. The molecule has 2 heterocycles. The highest BCUT2D eigenvalue weighted by Crippen LogP contribution is 2.28. The Balaban J connectivity index is 1.38. The van der Waals surface area contributed by atoms with Gasteiger partial charge in [0, 0.05) is 49.3 Å². The number of carbonyl (C=O) groups excluding carboxylic acids is 1. The number of fused-ring (bicyclic) bond motifs is 1. The van der Waals surface area contributed by atoms with Crippen LogP contribution in [0.15, 0.2) is 67.0 Å². The molecule has 0 fully saturated rings. The van der Waals surface area contributed by atoms with Gasteiger partial charge in [-0.15, -0.1) is 0 Å². The molecule has 5 nitrogen and oxygen atoms in total. The molecular formula is C22H24N4O. The van der Waals surface area contributed by atoms with Crippen LogP contribution >= 0.6 is 0 Å². The maximum absolute atomic E-state index is 12.6. The van der Waals surface area contributed by atoms with Gasteiger partial charge in [0.05, 0.1) is 0 Å². The first-order chi connectivity index (χ1) is 13.2. The lowest BCUT2D eigenvalue weighted by Crippen LogP contribution is -2.33. The first-order valence-electron chi connectivity index (χ1n) is 9.39. The van der Waals surface area contributed by atoms with E-state index in [1.807, 2.05) is 42.1 Å². The second-order valence-corrected chi connectivity index (χ2v) is 7.11. The zero-order chi connectivity index (χ0) is 18.6. The lowest BCUT2D eigenvalue weighted by molar-refractivity contribution is 0.0937. The minimum Gasteiger partial charge on any atom is -0.363 e. The summed E-state index contributed by atoms with van der Waals surface area (Å²) < 4.78 is 1.88. The normalized spacial score (nSPS) is 14.0. The van der Waals surface area contributed by atoms with Crippen molar-refractivity contribution >= 4 is 11.6 Å². The summed E-state index contributed by atoms with van der Waals surface area (Å²) in [6.45, 7) is 4.60. The Kier molecular flexibility index (Phi) is 4.92. The fraction of sp³-hybridized carbons (Fsp3) is 0.273. The third kappa shape index (κ3) is 4.03. The van der Waals surface area contributed by atoms with E-state index in [4.69, 9.17) is 0 Å². The molecule has 0 saturated heterocycles. The number of aromatic nitrogens is 2. The molecule has 0 radical (unpaired) electrons. The van der Waals surface area contributed by atoms with Crippen molar-refractivity contribution in [3.8, 4) is 0 Å². The van der Waals surface area contributed by atoms with Crippen molar-refractivity contribution in [1.29, 1.82) is 0 Å². The molecule has 1 aromatic heterocycles. The summed E-state index contributed by atoms with van der Waals surface area (Å²) in [7, 11) is 0. The van der Waals surface area contributed by atoms with Gasteiger partial charge >= 0.3 is 0 Å². The molecular weight excluding hydrogens is 336 g/mol. The Morgan fingerprint density at radius 3 is 2.59 bits per heavy atom. The van der Waals surface area contributed by atoms with Gasteiger partial charge in [0.25, 0.3) is 5.91 Å². The summed E-state index contributed by atoms with van der Waals surface area (Å²) in [6.07, 6.45) is 4.55. The molecule has 5 heteroatoms. The molecule has 0 aliphatic carbocycles. The van der Waals surface area contributed by atoms with Crippen LogP contribution in [0.4, 0.5) is 5.69 Å². The summed E-state index contributed by atoms with van der Waals surface area (Å²) in [4.78, 5) is 15.0. The van der Waals surface area contributed by atoms with E-state index in [0.29, 0.717) is 5.56 Å². The Labute approximate surface area is 159 Å². The molecule has 1 aliphatic rings. The van der Waals surface area contributed by atoms with E-state index in [2.05, 4.69) is 45.6 Å². The Morgan fingerprint density at radius 1 is 1.11 bits per heavy atom. The minimum absolute atomic E-state index is 0.0264. The van der Waals surface area contributed by atoms with Gasteiger partial charge < -0.3 is 10.2 Å². The monoisotopic (exact) mass is 360 g/mol. The van der Waals surface area contributed by atoms with Gasteiger partial charge in [-0.05, 0) is 48.7 Å². The first-order valence-corrected chi connectivity index (χ1v) is 9.39. The molecule has 0 saturated carbocycles. The maximum Gasteiger partial charge on any atom is 0.251 e. The van der Waals surface area contributed by atoms with E-state index in [9.17, 15) is 4.79 Å². The number of nitrogens with one attached hydrogen (secondary N) is 1. The van der Waals surface area contributed by atoms with Crippen LogP contribution in [0.25, 0.3) is 0 Å². The quantitative estimate of drug-likeness (QED) is 0.731. The highest BCUT2D eigenvalue weighted by atomic mass is 16.1. The molecule has 1 unspecified atom stereocenters. The Hall–Kier alpha value is -3.08. The fourth-order valence-corrected chi connectivity index (χ4v) is 3.50. The average Bonchev–Trinajstić information content (AvgIpc) is 3.36. The zero-order valence-corrected chi connectivity index (χ0v) is 15.5. The van der Waals surface area contributed by atoms with Crippen LogP contribution in [0.3, 0.4) is 0 Å². The van der Waals surface area contributed by atoms with Crippen LogP contribution in [0.1, 0.15) is 34.8 Å². The topological polar surface area (TPSA) is 50.2 Å². The molecule has 0 bridgehead atoms. The molecule has 27 heavy (non-hydrogen) atoms. The van der Waals surface area contributed by atoms with Gasteiger partial charge in [0.2, 0.25) is 0 Å². The predicted octanol–water partition coefficient (Wildman–Crippen LogP) is 3.61. The van der Waals surface area contributed by atoms with E-state index in [0.717, 1.165) is 31.7 Å². The van der Waals surface area contributed by atoms with Crippen molar-refractivity contribution < 1.29 is 4.79 Å². The second kappa shape index (κ2) is 7.66. The van der Waals surface area contributed by atoms with Crippen LogP contribution in [0.2, 0.25) is 0 Å². The van der Waals surface area contributed by atoms with Gasteiger partial charge in [0.15, 0.2) is 0 Å². The van der Waals surface area contributed by atoms with Crippen molar-refractivity contribution in [2.45, 2.75) is 39.0 Å². The van der Waals surface area contributed by atoms with Gasteiger partial charge in [-0.2, -0.15) is 5.10 Å². The van der Waals surface area contributed by atoms with E-state index < -0.39 is 0 Å². The number of hydrogen-bond donors (Lipinski definition) is 1. The number of rotatable bonds is 6. The largest absolute Gasteiger partial charge is 0.363 e. The number of carbonyl (C=O) groups is 1. The summed E-state index contributed by atoms with van der Waals surface area (Å²) in [5.74, 6) is -0.0264. The van der Waals surface area contributed by atoms with Crippen LogP contribution in [0.5, 0.6) is 0 Å². The number of anilines is 1. The zero-order valence-electron chi connectivity index (χ0n) is 15.5. The smallest absolute Gasteiger partial charge is 0.251 e. The standard InChI is InChI=1S/C22H24N4O/c1-17(10-13-26-12-5-11-23-26)24-22(27)18-8-4-9-21(14-18)25-15-19-6-2-3-7-20(19)16-25/h2-9,11-12,14,17H,10,13,15-16H2,1H3,(H,24,27). The molecule has 1 atom stereocenters. The number of aryl methyl sites for hydroxylation is 1. The highest BCUT2D eigenvalue weighted by Gasteiger charge is 2.19. The Morgan fingerprint density at radius 2 is 1.89 bits per heavy atom. The van der Waals surface area contributed by atoms with Crippen molar-refractivity contribution in [2.75, 3.05) is 4.90 Å². The van der Waals surface area contributed by atoms with Crippen molar-refractivity contribution in [1.82, 2.24) is 15.1 Å². The molecule has 0 spiro atoms. The highest BCUT2D eigenvalue weighted by molar-refractivity contribution is 5.95. The number of nitrogens with zero attached hydrogens (tertiary/aromatic N) is 3. The predicted molar refractivity (Wildman–Crippen MR) is 107 cm³/mol. The minimum atomic E-state index is -0.0264. The van der Waals surface area contributed by atoms with Crippen LogP contribution < -0.4 is 10.2 Å². The lowest BCUT2D eigenvalue weighted by Gasteiger charge is -2.19. The molecule has 4 rings (SSSR count). The van der Waals surface area contributed by atoms with E-state index >= 15 is 0 Å². The van der Waals surface area contributed by atoms with Gasteiger partial charge in [0.1, 0.15) is 0 Å². The number of amides is 1. The summed E-state index contributed by atoms with van der Waals surface area (Å²) >= 11 is 0. The van der Waals surface area contributed by atoms with Crippen molar-refractivity contribution in [3.05, 3.63) is 83.7 Å². The van der Waals surface area contributed by atoms with Gasteiger partial charge in [-0.25, -0.2) is 0 Å². The second-order valence-electron chi connectivity index (χ2n) is 7.11. The number of hydrogen-bond acceptors (Lipinski definition) is 3. The summed E-state index contributed by atoms with van der Waals surface area (Å²) in [5.41, 5.74) is 4.51. The molecule has 1 amide bonds. The third-order valence-corrected chi connectivity index (χ3v) is 5.04. The molecule has 1 aliphatic heterocycles. The van der Waals surface area contributed by atoms with Crippen LogP contribution in [0, 0.1) is 0 Å².